The number of esters is 1. The highest BCUT2D eigenvalue weighted by Crippen LogP contribution is 2.32. The number of hydrogen-bond donors (Lipinski definition) is 0. The first-order valence-corrected chi connectivity index (χ1v) is 12.9. The lowest BCUT2D eigenvalue weighted by Crippen LogP contribution is -2.34. The Kier molecular flexibility index (Phi) is 8.48. The first-order valence-electron chi connectivity index (χ1n) is 10.7. The number of hydrogen-bond acceptors (Lipinski definition) is 10. The van der Waals surface area contributed by atoms with E-state index in [1.165, 1.54) is 49.4 Å². The minimum absolute atomic E-state index is 0.0571. The van der Waals surface area contributed by atoms with Crippen LogP contribution in [0.15, 0.2) is 52.3 Å². The van der Waals surface area contributed by atoms with Crippen LogP contribution in [0.3, 0.4) is 0 Å². The zero-order valence-electron chi connectivity index (χ0n) is 19.3. The van der Waals surface area contributed by atoms with E-state index in [2.05, 4.69) is 0 Å². The van der Waals surface area contributed by atoms with Gasteiger partial charge in [-0.3, -0.25) is 29.4 Å². The third kappa shape index (κ3) is 6.49. The highest BCUT2D eigenvalue weighted by atomic mass is 32.2. The molecule has 0 aliphatic carbocycles. The number of ether oxygens (including phenoxy) is 1. The second-order valence-electron chi connectivity index (χ2n) is 7.65. The maximum atomic E-state index is 12.6. The highest BCUT2D eigenvalue weighted by Gasteiger charge is 2.36. The Bertz CT molecular complexity index is 1340. The fraction of sp³-hybridized carbons (Fsp3) is 0.261. The van der Waals surface area contributed by atoms with Crippen molar-refractivity contribution in [3.05, 3.63) is 68.6 Å². The fourth-order valence-electron chi connectivity index (χ4n) is 3.03. The van der Waals surface area contributed by atoms with Crippen LogP contribution in [-0.2, 0) is 24.4 Å². The molecule has 1 aliphatic heterocycles. The summed E-state index contributed by atoms with van der Waals surface area (Å²) >= 11 is 0.672. The van der Waals surface area contributed by atoms with Crippen molar-refractivity contribution in [3.8, 4) is 5.75 Å². The third-order valence-electron chi connectivity index (χ3n) is 4.97. The van der Waals surface area contributed by atoms with Crippen molar-refractivity contribution in [2.24, 2.45) is 0 Å². The Morgan fingerprint density at radius 3 is 2.50 bits per heavy atom. The number of imide groups is 1. The molecule has 1 heterocycles. The summed E-state index contributed by atoms with van der Waals surface area (Å²) < 4.78 is 35.2. The van der Waals surface area contributed by atoms with Crippen LogP contribution in [0.1, 0.15) is 30.9 Å². The van der Waals surface area contributed by atoms with Crippen molar-refractivity contribution in [2.45, 2.75) is 31.6 Å². The standard InChI is InChI=1S/C23H22N2O9S2/c1-3-4-11-33-21(26)14-24-22(27)20(35-23(24)28)12-16-6-8-17(9-7-16)34-36(31,32)18-10-5-15(2)19(13-18)25(29)30/h5-10,12-13H,3-4,11,14H2,1-2H3/b20-12-. The molecule has 3 rings (SSSR count). The monoisotopic (exact) mass is 534 g/mol. The first-order chi connectivity index (χ1) is 17.0. The molecule has 2 aromatic carbocycles. The number of carbonyl (C=O) groups excluding carboxylic acids is 3. The quantitative estimate of drug-likeness (QED) is 0.109. The number of nitro groups is 1. The number of benzene rings is 2. The van der Waals surface area contributed by atoms with E-state index in [0.29, 0.717) is 29.3 Å². The van der Waals surface area contributed by atoms with Crippen molar-refractivity contribution < 1.29 is 36.6 Å². The van der Waals surface area contributed by atoms with E-state index in [-0.39, 0.29) is 27.8 Å². The Labute approximate surface area is 211 Å². The van der Waals surface area contributed by atoms with Crippen molar-refractivity contribution in [2.75, 3.05) is 13.2 Å². The van der Waals surface area contributed by atoms with Gasteiger partial charge < -0.3 is 8.92 Å². The number of nitrogens with zero attached hydrogens (tertiary/aromatic N) is 2. The van der Waals surface area contributed by atoms with Gasteiger partial charge in [0.1, 0.15) is 17.2 Å². The number of carbonyl (C=O) groups is 3. The summed E-state index contributed by atoms with van der Waals surface area (Å²) in [5, 5.41) is 10.5. The van der Waals surface area contributed by atoms with Crippen LogP contribution in [0, 0.1) is 17.0 Å². The van der Waals surface area contributed by atoms with E-state index in [0.717, 1.165) is 17.4 Å². The summed E-state index contributed by atoms with van der Waals surface area (Å²) in [4.78, 5) is 47.5. The van der Waals surface area contributed by atoms with Crippen LogP contribution >= 0.6 is 11.8 Å². The van der Waals surface area contributed by atoms with Crippen molar-refractivity contribution in [3.63, 3.8) is 0 Å². The summed E-state index contributed by atoms with van der Waals surface area (Å²) in [5.41, 5.74) is 0.432. The molecular weight excluding hydrogens is 512 g/mol. The maximum absolute atomic E-state index is 12.6. The number of thioether (sulfide) groups is 1. The number of rotatable bonds is 10. The summed E-state index contributed by atoms with van der Waals surface area (Å²) in [5.74, 6) is -1.37. The molecule has 0 saturated carbocycles. The summed E-state index contributed by atoms with van der Waals surface area (Å²) in [6.07, 6.45) is 2.94. The van der Waals surface area contributed by atoms with Crippen LogP contribution in [0.25, 0.3) is 6.08 Å². The van der Waals surface area contributed by atoms with Gasteiger partial charge in [-0.05, 0) is 54.9 Å². The van der Waals surface area contributed by atoms with Gasteiger partial charge in [-0.1, -0.05) is 31.5 Å². The van der Waals surface area contributed by atoms with Gasteiger partial charge in [0, 0.05) is 11.6 Å². The van der Waals surface area contributed by atoms with E-state index < -0.39 is 38.7 Å². The van der Waals surface area contributed by atoms with Crippen LogP contribution in [0.5, 0.6) is 5.75 Å². The topological polar surface area (TPSA) is 150 Å². The fourth-order valence-corrected chi connectivity index (χ4v) is 4.82. The molecule has 36 heavy (non-hydrogen) atoms. The van der Waals surface area contributed by atoms with E-state index >= 15 is 0 Å². The molecule has 0 atom stereocenters. The van der Waals surface area contributed by atoms with Crippen LogP contribution in [0.2, 0.25) is 0 Å². The molecule has 2 amide bonds. The van der Waals surface area contributed by atoms with Gasteiger partial charge in [-0.25, -0.2) is 0 Å². The lowest BCUT2D eigenvalue weighted by atomic mass is 10.2. The Hall–Kier alpha value is -3.71. The van der Waals surface area contributed by atoms with Crippen molar-refractivity contribution in [1.82, 2.24) is 4.90 Å². The Balaban J connectivity index is 1.69. The minimum atomic E-state index is -4.34. The van der Waals surface area contributed by atoms with Gasteiger partial charge in [-0.2, -0.15) is 8.42 Å². The first kappa shape index (κ1) is 26.9. The van der Waals surface area contributed by atoms with E-state index in [1.807, 2.05) is 6.92 Å². The maximum Gasteiger partial charge on any atom is 0.339 e. The zero-order valence-corrected chi connectivity index (χ0v) is 21.0. The average Bonchev–Trinajstić information content (AvgIpc) is 3.07. The lowest BCUT2D eigenvalue weighted by molar-refractivity contribution is -0.385. The molecular formula is C23H22N2O9S2. The zero-order chi connectivity index (χ0) is 26.5. The molecule has 1 fully saturated rings. The van der Waals surface area contributed by atoms with Crippen molar-refractivity contribution >= 4 is 50.8 Å². The molecule has 1 saturated heterocycles. The number of nitro benzene ring substituents is 1. The van der Waals surface area contributed by atoms with Gasteiger partial charge in [0.25, 0.3) is 16.8 Å². The summed E-state index contributed by atoms with van der Waals surface area (Å²) in [7, 11) is -4.34. The van der Waals surface area contributed by atoms with Crippen LogP contribution < -0.4 is 4.18 Å². The van der Waals surface area contributed by atoms with Crippen LogP contribution in [-0.4, -0.2) is 48.5 Å². The normalized spacial score (nSPS) is 14.8. The third-order valence-corrected chi connectivity index (χ3v) is 7.12. The lowest BCUT2D eigenvalue weighted by Gasteiger charge is -2.11. The molecule has 13 heteroatoms. The van der Waals surface area contributed by atoms with E-state index in [9.17, 15) is 32.9 Å². The summed E-state index contributed by atoms with van der Waals surface area (Å²) in [6, 6.07) is 9.05. The Morgan fingerprint density at radius 1 is 1.17 bits per heavy atom. The predicted molar refractivity (Wildman–Crippen MR) is 131 cm³/mol. The van der Waals surface area contributed by atoms with Crippen LogP contribution in [0.4, 0.5) is 10.5 Å². The van der Waals surface area contributed by atoms with Gasteiger partial charge in [0.15, 0.2) is 0 Å². The highest BCUT2D eigenvalue weighted by molar-refractivity contribution is 8.18. The van der Waals surface area contributed by atoms with E-state index in [4.69, 9.17) is 8.92 Å². The number of unbranched alkanes of at least 4 members (excludes halogenated alkanes) is 1. The largest absolute Gasteiger partial charge is 0.464 e. The van der Waals surface area contributed by atoms with Crippen molar-refractivity contribution in [1.29, 1.82) is 0 Å². The second-order valence-corrected chi connectivity index (χ2v) is 10.2. The van der Waals surface area contributed by atoms with Gasteiger partial charge in [0.2, 0.25) is 0 Å². The molecule has 1 aliphatic rings. The molecule has 0 radical (unpaired) electrons. The number of aryl methyl sites for hydroxylation is 1. The molecule has 0 bridgehead atoms. The van der Waals surface area contributed by atoms with Gasteiger partial charge >= 0.3 is 16.1 Å². The minimum Gasteiger partial charge on any atom is -0.464 e. The molecule has 0 unspecified atom stereocenters. The van der Waals surface area contributed by atoms with E-state index in [1.54, 1.807) is 0 Å². The van der Waals surface area contributed by atoms with Gasteiger partial charge in [-0.15, -0.1) is 0 Å². The molecule has 0 N–H and O–H groups in total. The molecule has 0 spiro atoms. The smallest absolute Gasteiger partial charge is 0.339 e. The van der Waals surface area contributed by atoms with Gasteiger partial charge in [0.05, 0.1) is 16.4 Å². The SMILES string of the molecule is CCCCOC(=O)CN1C(=O)S/C(=C\c2ccc(OS(=O)(=O)c3ccc(C)c([N+](=O)[O-])c3)cc2)C1=O. The molecule has 2 aromatic rings. The molecule has 11 nitrogen and oxygen atoms in total. The Morgan fingerprint density at radius 2 is 1.86 bits per heavy atom. The second kappa shape index (κ2) is 11.4. The average molecular weight is 535 g/mol. The predicted octanol–water partition coefficient (Wildman–Crippen LogP) is 4.05. The number of amides is 2. The molecule has 190 valence electrons. The summed E-state index contributed by atoms with van der Waals surface area (Å²) in [6.45, 7) is 3.16. The molecule has 0 aromatic heterocycles.